The molecule has 0 bridgehead atoms. The highest BCUT2D eigenvalue weighted by molar-refractivity contribution is 5.91. The molecule has 0 radical (unpaired) electrons. The molecule has 0 aliphatic carbocycles. The second-order valence-electron chi connectivity index (χ2n) is 7.54. The summed E-state index contributed by atoms with van der Waals surface area (Å²) >= 11 is 0. The number of carbonyl (C=O) groups is 1. The zero-order valence-corrected chi connectivity index (χ0v) is 19.0. The van der Waals surface area contributed by atoms with Crippen molar-refractivity contribution in [3.05, 3.63) is 53.7 Å². The van der Waals surface area contributed by atoms with E-state index < -0.39 is 0 Å². The summed E-state index contributed by atoms with van der Waals surface area (Å²) in [6.07, 6.45) is 1.51. The lowest BCUT2D eigenvalue weighted by molar-refractivity contribution is 0.0555. The zero-order chi connectivity index (χ0) is 23.2. The molecule has 176 valence electrons. The third kappa shape index (κ3) is 4.69. The van der Waals surface area contributed by atoms with Gasteiger partial charge in [0.05, 0.1) is 33.6 Å². The number of ether oxygens (including phenoxy) is 3. The summed E-state index contributed by atoms with van der Waals surface area (Å²) in [4.78, 5) is 16.8. The van der Waals surface area contributed by atoms with E-state index in [0.717, 1.165) is 5.56 Å². The number of tetrazole rings is 1. The molecule has 33 heavy (non-hydrogen) atoms. The molecule has 1 atom stereocenters. The van der Waals surface area contributed by atoms with Crippen LogP contribution in [-0.4, -0.2) is 90.0 Å². The summed E-state index contributed by atoms with van der Waals surface area (Å²) in [5.41, 5.74) is 0.885. The van der Waals surface area contributed by atoms with Gasteiger partial charge in [0.25, 0.3) is 5.91 Å². The van der Waals surface area contributed by atoms with Gasteiger partial charge in [-0.1, -0.05) is 12.1 Å². The molecular weight excluding hydrogens is 428 g/mol. The molecule has 11 nitrogen and oxygen atoms in total. The first-order valence-electron chi connectivity index (χ1n) is 10.7. The van der Waals surface area contributed by atoms with Crippen molar-refractivity contribution < 1.29 is 23.4 Å². The van der Waals surface area contributed by atoms with E-state index in [9.17, 15) is 4.79 Å². The van der Waals surface area contributed by atoms with Crippen LogP contribution in [-0.2, 0) is 11.3 Å². The molecule has 1 aliphatic heterocycles. The van der Waals surface area contributed by atoms with Crippen molar-refractivity contribution in [3.63, 3.8) is 0 Å². The highest BCUT2D eigenvalue weighted by Crippen LogP contribution is 2.39. The number of hydrogen-bond donors (Lipinski definition) is 0. The second kappa shape index (κ2) is 10.5. The smallest absolute Gasteiger partial charge is 0.289 e. The van der Waals surface area contributed by atoms with Gasteiger partial charge in [-0.05, 0) is 28.6 Å². The van der Waals surface area contributed by atoms with E-state index in [4.69, 9.17) is 18.6 Å². The van der Waals surface area contributed by atoms with E-state index in [1.807, 2.05) is 18.2 Å². The molecule has 1 amide bonds. The minimum absolute atomic E-state index is 0.111. The van der Waals surface area contributed by atoms with E-state index in [1.165, 1.54) is 6.26 Å². The van der Waals surface area contributed by atoms with Gasteiger partial charge in [0, 0.05) is 38.9 Å². The van der Waals surface area contributed by atoms with E-state index >= 15 is 0 Å². The first-order valence-corrected chi connectivity index (χ1v) is 10.7. The Morgan fingerprint density at radius 2 is 1.91 bits per heavy atom. The van der Waals surface area contributed by atoms with Crippen molar-refractivity contribution in [2.45, 2.75) is 12.6 Å². The van der Waals surface area contributed by atoms with E-state index in [1.54, 1.807) is 43.0 Å². The van der Waals surface area contributed by atoms with Crippen molar-refractivity contribution in [2.75, 3.05) is 54.1 Å². The van der Waals surface area contributed by atoms with Crippen molar-refractivity contribution >= 4 is 5.91 Å². The lowest BCUT2D eigenvalue weighted by Gasteiger charge is -2.39. The molecule has 0 spiro atoms. The van der Waals surface area contributed by atoms with Crippen molar-refractivity contribution in [3.8, 4) is 11.5 Å². The largest absolute Gasteiger partial charge is 0.493 e. The first-order chi connectivity index (χ1) is 16.2. The summed E-state index contributed by atoms with van der Waals surface area (Å²) in [6.45, 7) is 3.32. The van der Waals surface area contributed by atoms with Gasteiger partial charge in [0.2, 0.25) is 0 Å². The van der Waals surface area contributed by atoms with Gasteiger partial charge in [-0.25, -0.2) is 4.68 Å². The van der Waals surface area contributed by atoms with Gasteiger partial charge in [-0.15, -0.1) is 5.10 Å². The summed E-state index contributed by atoms with van der Waals surface area (Å²) in [5, 5.41) is 12.5. The molecule has 3 aromatic rings. The molecule has 0 saturated carbocycles. The maximum atomic E-state index is 12.7. The molecule has 4 rings (SSSR count). The van der Waals surface area contributed by atoms with Crippen LogP contribution in [0, 0.1) is 0 Å². The Balaban J connectivity index is 1.65. The number of aromatic nitrogens is 4. The van der Waals surface area contributed by atoms with Crippen LogP contribution in [0.1, 0.15) is 28.0 Å². The number of para-hydroxylation sites is 1. The van der Waals surface area contributed by atoms with Crippen LogP contribution in [0.4, 0.5) is 0 Å². The Kier molecular flexibility index (Phi) is 7.20. The molecule has 0 unspecified atom stereocenters. The molecule has 3 heterocycles. The Hall–Kier alpha value is -3.44. The number of piperazine rings is 1. The maximum absolute atomic E-state index is 12.7. The normalized spacial score (nSPS) is 15.4. The molecule has 1 saturated heterocycles. The topological polar surface area (TPSA) is 108 Å². The Labute approximate surface area is 191 Å². The summed E-state index contributed by atoms with van der Waals surface area (Å²) in [6, 6.07) is 8.86. The number of amides is 1. The van der Waals surface area contributed by atoms with Crippen LogP contribution < -0.4 is 9.47 Å². The van der Waals surface area contributed by atoms with Crippen molar-refractivity contribution in [1.29, 1.82) is 0 Å². The van der Waals surface area contributed by atoms with E-state index in [-0.39, 0.29) is 11.9 Å². The Morgan fingerprint density at radius 3 is 2.58 bits per heavy atom. The van der Waals surface area contributed by atoms with Crippen molar-refractivity contribution in [1.82, 2.24) is 30.0 Å². The van der Waals surface area contributed by atoms with Gasteiger partial charge in [0.1, 0.15) is 6.04 Å². The molecule has 1 aromatic carbocycles. The standard InChI is InChI=1S/C22H28N6O5/c1-30-15-13-28-21(23-24-25-28)19(16-6-4-7-17(31-2)20(16)32-3)26-9-11-27(12-10-26)22(29)18-8-5-14-33-18/h4-8,14,19H,9-13,15H2,1-3H3/t19-/m1/s1. The number of carbonyl (C=O) groups excluding carboxylic acids is 1. The monoisotopic (exact) mass is 456 g/mol. The summed E-state index contributed by atoms with van der Waals surface area (Å²) in [7, 11) is 4.87. The predicted octanol–water partition coefficient (Wildman–Crippen LogP) is 1.48. The Morgan fingerprint density at radius 1 is 1.09 bits per heavy atom. The van der Waals surface area contributed by atoms with Gasteiger partial charge in [0.15, 0.2) is 23.1 Å². The number of rotatable bonds is 9. The van der Waals surface area contributed by atoms with Gasteiger partial charge in [-0.2, -0.15) is 0 Å². The van der Waals surface area contributed by atoms with Gasteiger partial charge < -0.3 is 23.5 Å². The number of furan rings is 1. The predicted molar refractivity (Wildman–Crippen MR) is 117 cm³/mol. The van der Waals surface area contributed by atoms with Crippen LogP contribution in [0.25, 0.3) is 0 Å². The fourth-order valence-corrected chi connectivity index (χ4v) is 4.11. The third-order valence-electron chi connectivity index (χ3n) is 5.74. The van der Waals surface area contributed by atoms with Crippen LogP contribution >= 0.6 is 0 Å². The molecule has 1 aliphatic rings. The zero-order valence-electron chi connectivity index (χ0n) is 19.0. The fourth-order valence-electron chi connectivity index (χ4n) is 4.11. The Bertz CT molecular complexity index is 1050. The van der Waals surface area contributed by atoms with E-state index in [0.29, 0.717) is 62.4 Å². The molecule has 2 aromatic heterocycles. The highest BCUT2D eigenvalue weighted by atomic mass is 16.5. The van der Waals surface area contributed by atoms with Crippen LogP contribution in [0.2, 0.25) is 0 Å². The van der Waals surface area contributed by atoms with Gasteiger partial charge in [-0.3, -0.25) is 9.69 Å². The number of benzene rings is 1. The van der Waals surface area contributed by atoms with Crippen molar-refractivity contribution in [2.24, 2.45) is 0 Å². The highest BCUT2D eigenvalue weighted by Gasteiger charge is 2.34. The van der Waals surface area contributed by atoms with Crippen LogP contribution in [0.15, 0.2) is 41.0 Å². The average Bonchev–Trinajstić information content (AvgIpc) is 3.55. The van der Waals surface area contributed by atoms with Crippen LogP contribution in [0.3, 0.4) is 0 Å². The number of nitrogens with zero attached hydrogens (tertiary/aromatic N) is 6. The maximum Gasteiger partial charge on any atom is 0.289 e. The fraction of sp³-hybridized carbons (Fsp3) is 0.455. The molecular formula is C22H28N6O5. The lowest BCUT2D eigenvalue weighted by Crippen LogP contribution is -2.50. The van der Waals surface area contributed by atoms with E-state index in [2.05, 4.69) is 20.4 Å². The second-order valence-corrected chi connectivity index (χ2v) is 7.54. The summed E-state index contributed by atoms with van der Waals surface area (Å²) in [5.74, 6) is 2.16. The van der Waals surface area contributed by atoms with Crippen LogP contribution in [0.5, 0.6) is 11.5 Å². The SMILES string of the molecule is COCCn1nnnc1[C@@H](c1cccc(OC)c1OC)N1CCN(C(=O)c2ccco2)CC1. The molecule has 0 N–H and O–H groups in total. The summed E-state index contributed by atoms with van der Waals surface area (Å²) < 4.78 is 23.5. The third-order valence-corrected chi connectivity index (χ3v) is 5.74. The molecule has 1 fully saturated rings. The number of methoxy groups -OCH3 is 3. The quantitative estimate of drug-likeness (QED) is 0.473. The lowest BCUT2D eigenvalue weighted by atomic mass is 10.0. The number of hydrogen-bond acceptors (Lipinski definition) is 9. The first kappa shape index (κ1) is 22.7. The minimum atomic E-state index is -0.303. The molecule has 11 heteroatoms. The van der Waals surface area contributed by atoms with Gasteiger partial charge >= 0.3 is 0 Å². The minimum Gasteiger partial charge on any atom is -0.493 e. The average molecular weight is 457 g/mol.